The highest BCUT2D eigenvalue weighted by Gasteiger charge is 2.28. The Balaban J connectivity index is 2.19. The zero-order chi connectivity index (χ0) is 18.6. The first-order valence-corrected chi connectivity index (χ1v) is 7.32. The van der Waals surface area contributed by atoms with Gasteiger partial charge in [0.05, 0.1) is 5.56 Å². The maximum Gasteiger partial charge on any atom is 0.422 e. The van der Waals surface area contributed by atoms with Crippen LogP contribution in [0.3, 0.4) is 0 Å². The van der Waals surface area contributed by atoms with Gasteiger partial charge in [-0.05, 0) is 43.7 Å². The van der Waals surface area contributed by atoms with Crippen LogP contribution in [-0.2, 0) is 0 Å². The predicted octanol–water partition coefficient (Wildman–Crippen LogP) is 4.37. The van der Waals surface area contributed by atoms with Gasteiger partial charge in [-0.3, -0.25) is 4.79 Å². The van der Waals surface area contributed by atoms with Crippen LogP contribution < -0.4 is 10.1 Å². The molecular weight excluding hydrogens is 333 g/mol. The Hall–Kier alpha value is -3.01. The smallest absolute Gasteiger partial charge is 0.422 e. The summed E-state index contributed by atoms with van der Waals surface area (Å²) >= 11 is 0. The lowest BCUT2D eigenvalue weighted by Crippen LogP contribution is -2.19. The fourth-order valence-corrected chi connectivity index (χ4v) is 2.16. The van der Waals surface area contributed by atoms with Gasteiger partial charge in [0.1, 0.15) is 11.8 Å². The second-order valence-electron chi connectivity index (χ2n) is 5.50. The van der Waals surface area contributed by atoms with Gasteiger partial charge >= 0.3 is 6.18 Å². The average Bonchev–Trinajstić information content (AvgIpc) is 2.54. The third kappa shape index (κ3) is 4.98. The molecule has 0 aliphatic carbocycles. The molecule has 1 amide bonds. The standard InChI is InChI=1S/C18H15F3N2O2/c1-11-3-4-12(2)15(7-11)17(24)23-14-5-6-16(13(8-14)9-22)25-10-18(19,20)21/h3-8H,10H2,1-2H3,(H,23,24). The highest BCUT2D eigenvalue weighted by Crippen LogP contribution is 2.25. The molecule has 0 aromatic heterocycles. The molecule has 0 spiro atoms. The molecule has 1 N–H and O–H groups in total. The number of ether oxygens (including phenoxy) is 1. The second-order valence-corrected chi connectivity index (χ2v) is 5.50. The summed E-state index contributed by atoms with van der Waals surface area (Å²) < 4.78 is 41.3. The zero-order valence-corrected chi connectivity index (χ0v) is 13.6. The maximum atomic E-state index is 12.4. The van der Waals surface area contributed by atoms with Crippen LogP contribution >= 0.6 is 0 Å². The maximum absolute atomic E-state index is 12.4. The fourth-order valence-electron chi connectivity index (χ4n) is 2.16. The zero-order valence-electron chi connectivity index (χ0n) is 13.6. The largest absolute Gasteiger partial charge is 0.483 e. The van der Waals surface area contributed by atoms with Crippen LogP contribution in [0.25, 0.3) is 0 Å². The molecule has 130 valence electrons. The van der Waals surface area contributed by atoms with E-state index < -0.39 is 12.8 Å². The van der Waals surface area contributed by atoms with Crippen LogP contribution in [0.1, 0.15) is 27.0 Å². The van der Waals surface area contributed by atoms with E-state index in [1.807, 2.05) is 19.1 Å². The number of nitrogens with one attached hydrogen (secondary N) is 1. The summed E-state index contributed by atoms with van der Waals surface area (Å²) in [5, 5.41) is 11.7. The van der Waals surface area contributed by atoms with Gasteiger partial charge in [-0.25, -0.2) is 0 Å². The van der Waals surface area contributed by atoms with Crippen molar-refractivity contribution >= 4 is 11.6 Å². The Kier molecular flexibility index (Phi) is 5.32. The topological polar surface area (TPSA) is 62.1 Å². The van der Waals surface area contributed by atoms with Crippen LogP contribution in [0.4, 0.5) is 18.9 Å². The van der Waals surface area contributed by atoms with Gasteiger partial charge in [0.2, 0.25) is 0 Å². The molecule has 2 aromatic carbocycles. The molecule has 0 atom stereocenters. The van der Waals surface area contributed by atoms with Crippen LogP contribution in [0.2, 0.25) is 0 Å². The minimum Gasteiger partial charge on any atom is -0.483 e. The SMILES string of the molecule is Cc1ccc(C)c(C(=O)Nc2ccc(OCC(F)(F)F)c(C#N)c2)c1. The number of halogens is 3. The third-order valence-corrected chi connectivity index (χ3v) is 3.39. The summed E-state index contributed by atoms with van der Waals surface area (Å²) in [6.45, 7) is 2.16. The van der Waals surface area contributed by atoms with E-state index in [0.29, 0.717) is 11.3 Å². The molecule has 0 aliphatic heterocycles. The van der Waals surface area contributed by atoms with Gasteiger partial charge in [0.25, 0.3) is 5.91 Å². The lowest BCUT2D eigenvalue weighted by atomic mass is 10.0. The highest BCUT2D eigenvalue weighted by atomic mass is 19.4. The number of rotatable bonds is 4. The number of nitrogens with zero attached hydrogens (tertiary/aromatic N) is 1. The monoisotopic (exact) mass is 348 g/mol. The summed E-state index contributed by atoms with van der Waals surface area (Å²) in [5.41, 5.74) is 2.39. The normalized spacial score (nSPS) is 10.9. The molecule has 0 fully saturated rings. The summed E-state index contributed by atoms with van der Waals surface area (Å²) in [5.74, 6) is -0.557. The van der Waals surface area contributed by atoms with E-state index in [1.54, 1.807) is 19.1 Å². The van der Waals surface area contributed by atoms with Crippen molar-refractivity contribution in [3.8, 4) is 11.8 Å². The molecular formula is C18H15F3N2O2. The second kappa shape index (κ2) is 7.26. The first kappa shape index (κ1) is 18.3. The Morgan fingerprint density at radius 2 is 1.92 bits per heavy atom. The number of carbonyl (C=O) groups is 1. The van der Waals surface area contributed by atoms with Crippen LogP contribution in [0.5, 0.6) is 5.75 Å². The molecule has 2 aromatic rings. The van der Waals surface area contributed by atoms with Crippen LogP contribution in [-0.4, -0.2) is 18.7 Å². The molecule has 2 rings (SSSR count). The van der Waals surface area contributed by atoms with E-state index in [9.17, 15) is 18.0 Å². The minimum atomic E-state index is -4.50. The third-order valence-electron chi connectivity index (χ3n) is 3.39. The van der Waals surface area contributed by atoms with Crippen molar-refractivity contribution in [3.05, 3.63) is 58.7 Å². The molecule has 0 aliphatic rings. The van der Waals surface area contributed by atoms with Crippen molar-refractivity contribution in [2.24, 2.45) is 0 Å². The molecule has 0 saturated carbocycles. The Bertz CT molecular complexity index is 839. The Morgan fingerprint density at radius 3 is 2.56 bits per heavy atom. The molecule has 7 heteroatoms. The van der Waals surface area contributed by atoms with E-state index in [4.69, 9.17) is 5.26 Å². The van der Waals surface area contributed by atoms with Crippen LogP contribution in [0, 0.1) is 25.2 Å². The van der Waals surface area contributed by atoms with Crippen molar-refractivity contribution in [3.63, 3.8) is 0 Å². The van der Waals surface area contributed by atoms with Crippen molar-refractivity contribution < 1.29 is 22.7 Å². The highest BCUT2D eigenvalue weighted by molar-refractivity contribution is 6.05. The van der Waals surface area contributed by atoms with Gasteiger partial charge < -0.3 is 10.1 Å². The molecule has 25 heavy (non-hydrogen) atoms. The predicted molar refractivity (Wildman–Crippen MR) is 86.6 cm³/mol. The fraction of sp³-hybridized carbons (Fsp3) is 0.222. The van der Waals surface area contributed by atoms with Crippen molar-refractivity contribution in [1.29, 1.82) is 5.26 Å². The number of aryl methyl sites for hydroxylation is 2. The first-order valence-electron chi connectivity index (χ1n) is 7.32. The number of alkyl halides is 3. The summed E-state index contributed by atoms with van der Waals surface area (Å²) in [6.07, 6.45) is -4.50. The quantitative estimate of drug-likeness (QED) is 0.892. The van der Waals surface area contributed by atoms with Gasteiger partial charge in [-0.15, -0.1) is 0 Å². The minimum absolute atomic E-state index is 0.0944. The summed E-state index contributed by atoms with van der Waals surface area (Å²) in [4.78, 5) is 12.4. The van der Waals surface area contributed by atoms with Crippen molar-refractivity contribution in [2.75, 3.05) is 11.9 Å². The summed E-state index contributed by atoms with van der Waals surface area (Å²) in [7, 11) is 0. The van der Waals surface area contributed by atoms with Gasteiger partial charge in [0, 0.05) is 11.3 Å². The lowest BCUT2D eigenvalue weighted by Gasteiger charge is -2.12. The van der Waals surface area contributed by atoms with E-state index in [1.165, 1.54) is 18.2 Å². The van der Waals surface area contributed by atoms with E-state index in [-0.39, 0.29) is 17.2 Å². The summed E-state index contributed by atoms with van der Waals surface area (Å²) in [6, 6.07) is 11.1. The lowest BCUT2D eigenvalue weighted by molar-refractivity contribution is -0.153. The van der Waals surface area contributed by atoms with Gasteiger partial charge in [-0.2, -0.15) is 18.4 Å². The number of anilines is 1. The number of nitriles is 1. The average molecular weight is 348 g/mol. The molecule has 0 unspecified atom stereocenters. The number of benzene rings is 2. The Morgan fingerprint density at radius 1 is 1.20 bits per heavy atom. The molecule has 4 nitrogen and oxygen atoms in total. The number of carbonyl (C=O) groups excluding carboxylic acids is 1. The molecule has 0 bridgehead atoms. The number of hydrogen-bond donors (Lipinski definition) is 1. The Labute approximate surface area is 142 Å². The van der Waals surface area contributed by atoms with Gasteiger partial charge in [0.15, 0.2) is 6.61 Å². The molecule has 0 saturated heterocycles. The molecule has 0 heterocycles. The van der Waals surface area contributed by atoms with Crippen LogP contribution in [0.15, 0.2) is 36.4 Å². The van der Waals surface area contributed by atoms with Gasteiger partial charge in [-0.1, -0.05) is 17.7 Å². The molecule has 0 radical (unpaired) electrons. The van der Waals surface area contributed by atoms with E-state index in [2.05, 4.69) is 10.1 Å². The van der Waals surface area contributed by atoms with Crippen molar-refractivity contribution in [1.82, 2.24) is 0 Å². The number of amides is 1. The van der Waals surface area contributed by atoms with E-state index >= 15 is 0 Å². The van der Waals surface area contributed by atoms with E-state index in [0.717, 1.165) is 11.1 Å². The van der Waals surface area contributed by atoms with Crippen molar-refractivity contribution in [2.45, 2.75) is 20.0 Å². The number of hydrogen-bond acceptors (Lipinski definition) is 3. The first-order chi connectivity index (χ1) is 11.7.